The molecule has 0 aromatic heterocycles. The third-order valence-corrected chi connectivity index (χ3v) is 5.10. The van der Waals surface area contributed by atoms with E-state index in [0.717, 1.165) is 48.0 Å². The number of anilines is 1. The molecular weight excluding hydrogens is 280 g/mol. The Morgan fingerprint density at radius 3 is 2.76 bits per heavy atom. The minimum absolute atomic E-state index is 0.175. The van der Waals surface area contributed by atoms with Crippen LogP contribution in [0.25, 0.3) is 0 Å². The molecule has 1 saturated heterocycles. The van der Waals surface area contributed by atoms with Gasteiger partial charge in [0, 0.05) is 36.3 Å². The fourth-order valence-corrected chi connectivity index (χ4v) is 3.78. The zero-order valence-corrected chi connectivity index (χ0v) is 14.0. The molecule has 0 aliphatic carbocycles. The van der Waals surface area contributed by atoms with Crippen LogP contribution in [0.2, 0.25) is 0 Å². The number of piperazine rings is 1. The highest BCUT2D eigenvalue weighted by molar-refractivity contribution is 7.99. The molecule has 0 radical (unpaired) electrons. The van der Waals surface area contributed by atoms with Crippen molar-refractivity contribution in [3.63, 3.8) is 0 Å². The van der Waals surface area contributed by atoms with Crippen LogP contribution in [0.3, 0.4) is 0 Å². The quantitative estimate of drug-likeness (QED) is 0.499. The van der Waals surface area contributed by atoms with Crippen LogP contribution < -0.4 is 10.6 Å². The number of benzene rings is 1. The molecule has 5 heteroatoms. The summed E-state index contributed by atoms with van der Waals surface area (Å²) < 4.78 is 0. The Labute approximate surface area is 132 Å². The third-order valence-electron chi connectivity index (χ3n) is 4.16. The van der Waals surface area contributed by atoms with Gasteiger partial charge in [-0.1, -0.05) is 19.9 Å². The van der Waals surface area contributed by atoms with Gasteiger partial charge in [-0.05, 0) is 31.4 Å². The number of nitrogens with one attached hydrogen (secondary N) is 1. The average molecular weight is 306 g/mol. The molecule has 1 aromatic rings. The number of likely N-dealkylation sites (N-methyl/N-ethyl adjacent to an activating group) is 1. The molecule has 2 rings (SSSR count). The molecule has 4 nitrogen and oxygen atoms in total. The first-order valence-electron chi connectivity index (χ1n) is 7.63. The lowest BCUT2D eigenvalue weighted by molar-refractivity contribution is 0.213. The molecule has 0 spiro atoms. The Kier molecular flexibility index (Phi) is 5.53. The summed E-state index contributed by atoms with van der Waals surface area (Å²) >= 11 is 1.76. The van der Waals surface area contributed by atoms with Crippen molar-refractivity contribution < 1.29 is 0 Å². The van der Waals surface area contributed by atoms with Gasteiger partial charge in [0.15, 0.2) is 0 Å². The van der Waals surface area contributed by atoms with E-state index in [2.05, 4.69) is 48.9 Å². The molecule has 116 valence electrons. The Hall–Kier alpha value is -1.20. The van der Waals surface area contributed by atoms with Crippen LogP contribution in [0.4, 0.5) is 5.69 Å². The topological polar surface area (TPSA) is 56.4 Å². The molecule has 1 atom stereocenters. The van der Waals surface area contributed by atoms with Crippen LogP contribution in [0.1, 0.15) is 25.8 Å². The van der Waals surface area contributed by atoms with Crippen LogP contribution in [0.15, 0.2) is 23.1 Å². The zero-order valence-electron chi connectivity index (χ0n) is 13.2. The van der Waals surface area contributed by atoms with Gasteiger partial charge < -0.3 is 10.6 Å². The Morgan fingerprint density at radius 2 is 2.14 bits per heavy atom. The summed E-state index contributed by atoms with van der Waals surface area (Å²) in [6.45, 7) is 7.42. The van der Waals surface area contributed by atoms with Crippen molar-refractivity contribution in [1.82, 2.24) is 4.90 Å². The molecule has 0 saturated carbocycles. The largest absolute Gasteiger partial charge is 0.384 e. The van der Waals surface area contributed by atoms with Crippen molar-refractivity contribution in [2.75, 3.05) is 37.3 Å². The summed E-state index contributed by atoms with van der Waals surface area (Å²) in [5.41, 5.74) is 7.90. The summed E-state index contributed by atoms with van der Waals surface area (Å²) in [6, 6.07) is 6.83. The fraction of sp³-hybridized carbons (Fsp3) is 0.562. The van der Waals surface area contributed by atoms with Crippen molar-refractivity contribution >= 4 is 23.3 Å². The number of nitrogens with two attached hydrogens (primary N) is 1. The van der Waals surface area contributed by atoms with Crippen LogP contribution in [-0.2, 0) is 0 Å². The number of rotatable bonds is 5. The average Bonchev–Trinajstić information content (AvgIpc) is 2.47. The first-order chi connectivity index (χ1) is 10.1. The predicted octanol–water partition coefficient (Wildman–Crippen LogP) is 2.61. The van der Waals surface area contributed by atoms with Crippen molar-refractivity contribution in [1.29, 1.82) is 5.41 Å². The molecule has 1 aromatic carbocycles. The summed E-state index contributed by atoms with van der Waals surface area (Å²) in [6.07, 6.45) is 1.14. The number of hydrogen-bond acceptors (Lipinski definition) is 4. The molecular formula is C16H26N4S. The second-order valence-corrected chi connectivity index (χ2v) is 6.79. The first kappa shape index (κ1) is 16.2. The standard InChI is InChI=1S/C16H26N4S/c1-4-12-11-20(10-9-19(12)3)13-7-6-8-14(21-5-2)15(13)16(17)18/h6-8,12H,4-5,9-11H2,1-3H3,(H3,17,18). The molecule has 1 unspecified atom stereocenters. The number of nitrogens with zero attached hydrogens (tertiary/aromatic N) is 2. The van der Waals surface area contributed by atoms with Gasteiger partial charge >= 0.3 is 0 Å². The van der Waals surface area contributed by atoms with Gasteiger partial charge in [-0.3, -0.25) is 10.3 Å². The van der Waals surface area contributed by atoms with Crippen LogP contribution in [0.5, 0.6) is 0 Å². The highest BCUT2D eigenvalue weighted by atomic mass is 32.2. The minimum atomic E-state index is 0.175. The highest BCUT2D eigenvalue weighted by Crippen LogP contribution is 2.31. The van der Waals surface area contributed by atoms with Gasteiger partial charge in [-0.25, -0.2) is 0 Å². The smallest absolute Gasteiger partial charge is 0.126 e. The van der Waals surface area contributed by atoms with E-state index >= 15 is 0 Å². The van der Waals surface area contributed by atoms with E-state index in [1.165, 1.54) is 0 Å². The lowest BCUT2D eigenvalue weighted by Gasteiger charge is -2.41. The third kappa shape index (κ3) is 3.52. The van der Waals surface area contributed by atoms with E-state index in [1.54, 1.807) is 11.8 Å². The number of amidine groups is 1. The maximum Gasteiger partial charge on any atom is 0.126 e. The SMILES string of the molecule is CCSc1cccc(N2CCN(C)C(CC)C2)c1C(=N)N. The normalized spacial score (nSPS) is 19.8. The second-order valence-electron chi connectivity index (χ2n) is 5.49. The van der Waals surface area contributed by atoms with Gasteiger partial charge in [0.05, 0.1) is 5.56 Å². The molecule has 1 fully saturated rings. The lowest BCUT2D eigenvalue weighted by Crippen LogP contribution is -2.51. The minimum Gasteiger partial charge on any atom is -0.384 e. The Bertz CT molecular complexity index is 503. The van der Waals surface area contributed by atoms with Gasteiger partial charge in [0.1, 0.15) is 5.84 Å². The van der Waals surface area contributed by atoms with E-state index in [-0.39, 0.29) is 5.84 Å². The Balaban J connectivity index is 2.34. The molecule has 1 aliphatic heterocycles. The predicted molar refractivity (Wildman–Crippen MR) is 92.8 cm³/mol. The monoisotopic (exact) mass is 306 g/mol. The van der Waals surface area contributed by atoms with Gasteiger partial charge in [-0.2, -0.15) is 0 Å². The van der Waals surface area contributed by atoms with Crippen molar-refractivity contribution in [2.24, 2.45) is 5.73 Å². The molecule has 21 heavy (non-hydrogen) atoms. The summed E-state index contributed by atoms with van der Waals surface area (Å²) in [5, 5.41) is 7.98. The summed E-state index contributed by atoms with van der Waals surface area (Å²) in [7, 11) is 2.20. The fourth-order valence-electron chi connectivity index (χ4n) is 2.94. The van der Waals surface area contributed by atoms with Gasteiger partial charge in [0.2, 0.25) is 0 Å². The molecule has 0 amide bonds. The summed E-state index contributed by atoms with van der Waals surface area (Å²) in [5.74, 6) is 1.16. The molecule has 1 aliphatic rings. The first-order valence-corrected chi connectivity index (χ1v) is 8.62. The van der Waals surface area contributed by atoms with Crippen LogP contribution >= 0.6 is 11.8 Å². The van der Waals surface area contributed by atoms with E-state index < -0.39 is 0 Å². The van der Waals surface area contributed by atoms with Crippen molar-refractivity contribution in [2.45, 2.75) is 31.2 Å². The van der Waals surface area contributed by atoms with Crippen molar-refractivity contribution in [3.8, 4) is 0 Å². The van der Waals surface area contributed by atoms with E-state index in [1.807, 2.05) is 0 Å². The summed E-state index contributed by atoms with van der Waals surface area (Å²) in [4.78, 5) is 5.94. The van der Waals surface area contributed by atoms with Crippen LogP contribution in [0, 0.1) is 5.41 Å². The molecule has 0 bridgehead atoms. The maximum absolute atomic E-state index is 7.98. The van der Waals surface area contributed by atoms with Gasteiger partial charge in [-0.15, -0.1) is 11.8 Å². The van der Waals surface area contributed by atoms with Gasteiger partial charge in [0.25, 0.3) is 0 Å². The zero-order chi connectivity index (χ0) is 15.4. The number of nitrogen functional groups attached to an aromatic ring is 1. The second kappa shape index (κ2) is 7.18. The number of thioether (sulfide) groups is 1. The molecule has 3 N–H and O–H groups in total. The highest BCUT2D eigenvalue weighted by Gasteiger charge is 2.25. The molecule has 1 heterocycles. The maximum atomic E-state index is 7.98. The van der Waals surface area contributed by atoms with Crippen LogP contribution in [-0.4, -0.2) is 49.2 Å². The number of hydrogen-bond donors (Lipinski definition) is 2. The van der Waals surface area contributed by atoms with Crippen molar-refractivity contribution in [3.05, 3.63) is 23.8 Å². The van der Waals surface area contributed by atoms with E-state index in [9.17, 15) is 0 Å². The van der Waals surface area contributed by atoms with E-state index in [4.69, 9.17) is 11.1 Å². The Morgan fingerprint density at radius 1 is 1.38 bits per heavy atom. The lowest BCUT2D eigenvalue weighted by atomic mass is 10.1. The van der Waals surface area contributed by atoms with E-state index in [0.29, 0.717) is 6.04 Å².